The van der Waals surface area contributed by atoms with E-state index in [0.717, 1.165) is 0 Å². The van der Waals surface area contributed by atoms with Crippen molar-refractivity contribution >= 4 is 17.7 Å². The van der Waals surface area contributed by atoms with Gasteiger partial charge >= 0.3 is 0 Å². The second-order valence-electron chi connectivity index (χ2n) is 8.89. The van der Waals surface area contributed by atoms with Gasteiger partial charge in [0.15, 0.2) is 0 Å². The fourth-order valence-electron chi connectivity index (χ4n) is 4.12. The Kier molecular flexibility index (Phi) is 5.83. The monoisotopic (exact) mass is 413 g/mol. The van der Waals surface area contributed by atoms with Gasteiger partial charge < -0.3 is 14.9 Å². The van der Waals surface area contributed by atoms with Gasteiger partial charge in [-0.2, -0.15) is 5.06 Å². The van der Waals surface area contributed by atoms with Crippen molar-refractivity contribution in [1.29, 1.82) is 0 Å². The zero-order valence-corrected chi connectivity index (χ0v) is 17.6. The Bertz CT molecular complexity index is 941. The Morgan fingerprint density at radius 1 is 1.17 bits per heavy atom. The highest BCUT2D eigenvalue weighted by molar-refractivity contribution is 5.91. The smallest absolute Gasteiger partial charge is 0.269 e. The number of nitro benzene ring substituents is 1. The second-order valence-corrected chi connectivity index (χ2v) is 8.89. The van der Waals surface area contributed by atoms with Gasteiger partial charge in [-0.05, 0) is 70.9 Å². The van der Waals surface area contributed by atoms with Crippen molar-refractivity contribution in [2.45, 2.75) is 57.7 Å². The number of nitro groups is 1. The molecule has 3 rings (SSSR count). The van der Waals surface area contributed by atoms with Crippen LogP contribution in [0.4, 0.5) is 5.69 Å². The first kappa shape index (κ1) is 21.7. The minimum atomic E-state index is -0.453. The summed E-state index contributed by atoms with van der Waals surface area (Å²) in [6.45, 7) is 7.80. The number of hydroxylamine groups is 2. The summed E-state index contributed by atoms with van der Waals surface area (Å²) in [5.74, 6) is 0.833. The molecule has 0 saturated carbocycles. The number of benzene rings is 1. The standard InChI is InChI=1S/C22H27N3O5/c1-21(2)13-16(14-22(3,4)25(21)29)23-20(26)12-10-18-9-11-19(30-18)15-5-7-17(8-6-15)24(27)28/h5-12,16,29H,13-14H2,1-4H3,(H,23,26)/b12-10+. The van der Waals surface area contributed by atoms with E-state index in [2.05, 4.69) is 5.32 Å². The van der Waals surface area contributed by atoms with Crippen molar-refractivity contribution < 1.29 is 19.3 Å². The zero-order valence-electron chi connectivity index (χ0n) is 17.6. The second kappa shape index (κ2) is 8.04. The molecule has 1 aliphatic heterocycles. The van der Waals surface area contributed by atoms with E-state index in [4.69, 9.17) is 4.42 Å². The number of furan rings is 1. The fraction of sp³-hybridized carbons (Fsp3) is 0.409. The van der Waals surface area contributed by atoms with Gasteiger partial charge in [0.1, 0.15) is 11.5 Å². The van der Waals surface area contributed by atoms with E-state index >= 15 is 0 Å². The van der Waals surface area contributed by atoms with Crippen LogP contribution in [0.25, 0.3) is 17.4 Å². The molecule has 1 saturated heterocycles. The lowest BCUT2D eigenvalue weighted by Gasteiger charge is -2.51. The SMILES string of the molecule is CC1(C)CC(NC(=O)/C=C/c2ccc(-c3ccc([N+](=O)[O-])cc3)o2)CC(C)(C)N1O. The van der Waals surface area contributed by atoms with Gasteiger partial charge in [0, 0.05) is 40.9 Å². The fourth-order valence-corrected chi connectivity index (χ4v) is 4.12. The maximum atomic E-state index is 12.4. The first-order valence-corrected chi connectivity index (χ1v) is 9.80. The largest absolute Gasteiger partial charge is 0.457 e. The number of nitrogens with one attached hydrogen (secondary N) is 1. The van der Waals surface area contributed by atoms with Gasteiger partial charge in [0.05, 0.1) is 4.92 Å². The third-order valence-electron chi connectivity index (χ3n) is 5.37. The molecule has 0 radical (unpaired) electrons. The van der Waals surface area contributed by atoms with Crippen LogP contribution < -0.4 is 5.32 Å². The summed E-state index contributed by atoms with van der Waals surface area (Å²) in [5.41, 5.74) is -0.154. The molecule has 1 amide bonds. The summed E-state index contributed by atoms with van der Waals surface area (Å²) in [5, 5.41) is 25.5. The average molecular weight is 413 g/mol. The van der Waals surface area contributed by atoms with Crippen LogP contribution in [-0.4, -0.2) is 38.2 Å². The molecule has 0 unspecified atom stereocenters. The summed E-state index contributed by atoms with van der Waals surface area (Å²) in [7, 11) is 0. The van der Waals surface area contributed by atoms with E-state index in [0.29, 0.717) is 29.9 Å². The zero-order chi connectivity index (χ0) is 22.1. The number of rotatable bonds is 5. The Balaban J connectivity index is 1.62. The highest BCUT2D eigenvalue weighted by Gasteiger charge is 2.45. The highest BCUT2D eigenvalue weighted by Crippen LogP contribution is 2.36. The van der Waals surface area contributed by atoms with Crippen LogP contribution in [0.1, 0.15) is 46.3 Å². The molecule has 2 heterocycles. The lowest BCUT2D eigenvalue weighted by molar-refractivity contribution is -0.384. The number of hydrogen-bond donors (Lipinski definition) is 2. The molecule has 2 N–H and O–H groups in total. The van der Waals surface area contributed by atoms with E-state index in [1.165, 1.54) is 23.3 Å². The molecule has 2 aromatic rings. The van der Waals surface area contributed by atoms with Crippen molar-refractivity contribution in [2.75, 3.05) is 0 Å². The third-order valence-corrected chi connectivity index (χ3v) is 5.37. The van der Waals surface area contributed by atoms with E-state index in [1.807, 2.05) is 27.7 Å². The third kappa shape index (κ3) is 4.77. The quantitative estimate of drug-likeness (QED) is 0.427. The summed E-state index contributed by atoms with van der Waals surface area (Å²) in [4.78, 5) is 22.7. The minimum absolute atomic E-state index is 0.0143. The van der Waals surface area contributed by atoms with Crippen molar-refractivity contribution in [3.8, 4) is 11.3 Å². The maximum absolute atomic E-state index is 12.4. The summed E-state index contributed by atoms with van der Waals surface area (Å²) < 4.78 is 5.71. The van der Waals surface area contributed by atoms with Crippen molar-refractivity contribution in [3.63, 3.8) is 0 Å². The summed E-state index contributed by atoms with van der Waals surface area (Å²) in [6.07, 6.45) is 4.28. The van der Waals surface area contributed by atoms with Crippen molar-refractivity contribution in [3.05, 3.63) is 58.3 Å². The van der Waals surface area contributed by atoms with Crippen molar-refractivity contribution in [2.24, 2.45) is 0 Å². The molecule has 1 aromatic carbocycles. The molecule has 30 heavy (non-hydrogen) atoms. The molecule has 0 atom stereocenters. The predicted octanol–water partition coefficient (Wildman–Crippen LogP) is 4.40. The Morgan fingerprint density at radius 2 is 1.77 bits per heavy atom. The molecule has 0 bridgehead atoms. The number of carbonyl (C=O) groups excluding carboxylic acids is 1. The Hall–Kier alpha value is -2.97. The molecular formula is C22H27N3O5. The van der Waals surface area contributed by atoms with E-state index in [1.54, 1.807) is 30.3 Å². The molecule has 1 fully saturated rings. The summed E-state index contributed by atoms with van der Waals surface area (Å²) in [6, 6.07) is 9.51. The number of non-ortho nitro benzene ring substituents is 1. The van der Waals surface area contributed by atoms with Crippen LogP contribution in [0.5, 0.6) is 0 Å². The van der Waals surface area contributed by atoms with Gasteiger partial charge in [0.2, 0.25) is 5.91 Å². The van der Waals surface area contributed by atoms with Gasteiger partial charge in [-0.1, -0.05) is 0 Å². The first-order valence-electron chi connectivity index (χ1n) is 9.80. The molecule has 160 valence electrons. The number of piperidine rings is 1. The van der Waals surface area contributed by atoms with Gasteiger partial charge in [0.25, 0.3) is 5.69 Å². The summed E-state index contributed by atoms with van der Waals surface area (Å²) >= 11 is 0. The molecule has 8 heteroatoms. The van der Waals surface area contributed by atoms with Crippen molar-refractivity contribution in [1.82, 2.24) is 10.4 Å². The van der Waals surface area contributed by atoms with Crippen LogP contribution >= 0.6 is 0 Å². The van der Waals surface area contributed by atoms with Crippen LogP contribution in [-0.2, 0) is 4.79 Å². The number of amides is 1. The van der Waals surface area contributed by atoms with E-state index in [9.17, 15) is 20.1 Å². The average Bonchev–Trinajstić information content (AvgIpc) is 3.13. The number of carbonyl (C=O) groups is 1. The molecular weight excluding hydrogens is 386 g/mol. The normalized spacial score (nSPS) is 19.1. The van der Waals surface area contributed by atoms with Crippen LogP contribution in [0.2, 0.25) is 0 Å². The lowest BCUT2D eigenvalue weighted by Crippen LogP contribution is -2.62. The molecule has 8 nitrogen and oxygen atoms in total. The maximum Gasteiger partial charge on any atom is 0.269 e. The van der Waals surface area contributed by atoms with Crippen LogP contribution in [0.3, 0.4) is 0 Å². The van der Waals surface area contributed by atoms with Crippen LogP contribution in [0.15, 0.2) is 46.9 Å². The van der Waals surface area contributed by atoms with E-state index in [-0.39, 0.29) is 17.6 Å². The molecule has 0 aliphatic carbocycles. The topological polar surface area (TPSA) is 109 Å². The van der Waals surface area contributed by atoms with Gasteiger partial charge in [-0.3, -0.25) is 14.9 Å². The predicted molar refractivity (Wildman–Crippen MR) is 113 cm³/mol. The molecule has 0 spiro atoms. The van der Waals surface area contributed by atoms with E-state index < -0.39 is 16.0 Å². The lowest BCUT2D eigenvalue weighted by atomic mass is 9.79. The number of hydrogen-bond acceptors (Lipinski definition) is 6. The molecule has 1 aliphatic rings. The Labute approximate surface area is 175 Å². The Morgan fingerprint density at radius 3 is 2.33 bits per heavy atom. The van der Waals surface area contributed by atoms with Crippen LogP contribution in [0, 0.1) is 10.1 Å². The molecule has 1 aromatic heterocycles. The first-order chi connectivity index (χ1) is 14.0. The highest BCUT2D eigenvalue weighted by atomic mass is 16.6. The van der Waals surface area contributed by atoms with Gasteiger partial charge in [-0.25, -0.2) is 0 Å². The number of nitrogens with zero attached hydrogens (tertiary/aromatic N) is 2. The van der Waals surface area contributed by atoms with Gasteiger partial charge in [-0.15, -0.1) is 0 Å². The minimum Gasteiger partial charge on any atom is -0.457 e.